The van der Waals surface area contributed by atoms with E-state index in [1.54, 1.807) is 7.11 Å². The average Bonchev–Trinajstić information content (AvgIpc) is 3.24. The van der Waals surface area contributed by atoms with Crippen LogP contribution < -0.4 is 4.74 Å². The van der Waals surface area contributed by atoms with Gasteiger partial charge in [-0.3, -0.25) is 9.59 Å². The van der Waals surface area contributed by atoms with Crippen LogP contribution in [0.2, 0.25) is 0 Å². The van der Waals surface area contributed by atoms with E-state index >= 15 is 0 Å². The lowest BCUT2D eigenvalue weighted by Crippen LogP contribution is -2.53. The van der Waals surface area contributed by atoms with E-state index in [9.17, 15) is 9.59 Å². The van der Waals surface area contributed by atoms with Gasteiger partial charge in [-0.05, 0) is 68.2 Å². The number of rotatable bonds is 4. The van der Waals surface area contributed by atoms with Crippen molar-refractivity contribution in [2.45, 2.75) is 51.6 Å². The number of methoxy groups -OCH3 is 1. The second-order valence-electron chi connectivity index (χ2n) is 8.89. The van der Waals surface area contributed by atoms with Gasteiger partial charge in [-0.15, -0.1) is 0 Å². The smallest absolute Gasteiger partial charge is 0.253 e. The summed E-state index contributed by atoms with van der Waals surface area (Å²) in [6.07, 6.45) is 5.84. The summed E-state index contributed by atoms with van der Waals surface area (Å²) in [7, 11) is 1.64. The summed E-state index contributed by atoms with van der Waals surface area (Å²) in [5.41, 5.74) is 1.85. The molecule has 3 saturated heterocycles. The molecule has 4 rings (SSSR count). The molecule has 0 aliphatic carbocycles. The first kappa shape index (κ1) is 20.2. The van der Waals surface area contributed by atoms with Crippen molar-refractivity contribution < 1.29 is 19.1 Å². The van der Waals surface area contributed by atoms with Gasteiger partial charge in [0.25, 0.3) is 5.91 Å². The summed E-state index contributed by atoms with van der Waals surface area (Å²) < 4.78 is 11.0. The second-order valence-corrected chi connectivity index (χ2v) is 8.89. The van der Waals surface area contributed by atoms with Crippen molar-refractivity contribution in [1.29, 1.82) is 0 Å². The van der Waals surface area contributed by atoms with Gasteiger partial charge < -0.3 is 19.3 Å². The average molecular weight is 401 g/mol. The van der Waals surface area contributed by atoms with E-state index in [0.717, 1.165) is 81.8 Å². The number of ether oxygens (including phenoxy) is 2. The molecule has 3 aliphatic heterocycles. The fourth-order valence-electron chi connectivity index (χ4n) is 5.09. The van der Waals surface area contributed by atoms with Gasteiger partial charge in [0.15, 0.2) is 0 Å². The van der Waals surface area contributed by atoms with E-state index in [4.69, 9.17) is 9.47 Å². The SMILES string of the molecule is COc1ccc(C(=O)N2CCC3(CCC(=O)N(CC4CCCO4)C3)CC2)cc1C. The molecule has 3 heterocycles. The van der Waals surface area contributed by atoms with Crippen LogP contribution in [0.4, 0.5) is 0 Å². The highest BCUT2D eigenvalue weighted by molar-refractivity contribution is 5.94. The maximum atomic E-state index is 13.0. The monoisotopic (exact) mass is 400 g/mol. The number of nitrogens with zero attached hydrogens (tertiary/aromatic N) is 2. The Hall–Kier alpha value is -2.08. The van der Waals surface area contributed by atoms with E-state index < -0.39 is 0 Å². The Labute approximate surface area is 173 Å². The number of likely N-dealkylation sites (tertiary alicyclic amines) is 2. The number of piperidine rings is 2. The Morgan fingerprint density at radius 1 is 1.28 bits per heavy atom. The topological polar surface area (TPSA) is 59.1 Å². The van der Waals surface area contributed by atoms with Crippen LogP contribution in [-0.2, 0) is 9.53 Å². The fourth-order valence-corrected chi connectivity index (χ4v) is 5.09. The molecule has 0 N–H and O–H groups in total. The van der Waals surface area contributed by atoms with Crippen LogP contribution in [0.25, 0.3) is 0 Å². The van der Waals surface area contributed by atoms with Gasteiger partial charge in [0, 0.05) is 44.8 Å². The van der Waals surface area contributed by atoms with Crippen molar-refractivity contribution in [2.24, 2.45) is 5.41 Å². The Morgan fingerprint density at radius 2 is 2.07 bits per heavy atom. The number of hydrogen-bond donors (Lipinski definition) is 0. The first-order chi connectivity index (χ1) is 14.0. The number of carbonyl (C=O) groups excluding carboxylic acids is 2. The van der Waals surface area contributed by atoms with E-state index in [0.29, 0.717) is 6.42 Å². The molecule has 0 bridgehead atoms. The summed E-state index contributed by atoms with van der Waals surface area (Å²) >= 11 is 0. The molecular formula is C23H32N2O4. The molecule has 1 aromatic carbocycles. The molecule has 6 nitrogen and oxygen atoms in total. The third-order valence-electron chi connectivity index (χ3n) is 6.95. The number of hydrogen-bond acceptors (Lipinski definition) is 4. The molecule has 0 aromatic heterocycles. The van der Waals surface area contributed by atoms with Gasteiger partial charge in [-0.2, -0.15) is 0 Å². The predicted octanol–water partition coefficient (Wildman–Crippen LogP) is 3.03. The van der Waals surface area contributed by atoms with Crippen LogP contribution in [0.1, 0.15) is 54.4 Å². The maximum absolute atomic E-state index is 13.0. The zero-order valence-electron chi connectivity index (χ0n) is 17.6. The summed E-state index contributed by atoms with van der Waals surface area (Å²) in [6, 6.07) is 5.62. The van der Waals surface area contributed by atoms with Gasteiger partial charge >= 0.3 is 0 Å². The van der Waals surface area contributed by atoms with Gasteiger partial charge in [0.2, 0.25) is 5.91 Å². The zero-order valence-corrected chi connectivity index (χ0v) is 17.6. The van der Waals surface area contributed by atoms with E-state index in [1.165, 1.54) is 0 Å². The zero-order chi connectivity index (χ0) is 20.4. The molecule has 1 atom stereocenters. The van der Waals surface area contributed by atoms with Crippen LogP contribution in [0.5, 0.6) is 5.75 Å². The highest BCUT2D eigenvalue weighted by Gasteiger charge is 2.42. The van der Waals surface area contributed by atoms with Crippen molar-refractivity contribution in [3.05, 3.63) is 29.3 Å². The molecule has 29 heavy (non-hydrogen) atoms. The summed E-state index contributed by atoms with van der Waals surface area (Å²) in [5.74, 6) is 1.16. The molecule has 0 saturated carbocycles. The first-order valence-electron chi connectivity index (χ1n) is 10.8. The maximum Gasteiger partial charge on any atom is 0.253 e. The van der Waals surface area contributed by atoms with Gasteiger partial charge in [-0.25, -0.2) is 0 Å². The molecule has 158 valence electrons. The van der Waals surface area contributed by atoms with Crippen LogP contribution in [0.3, 0.4) is 0 Å². The third-order valence-corrected chi connectivity index (χ3v) is 6.95. The Bertz CT molecular complexity index is 764. The van der Waals surface area contributed by atoms with Crippen molar-refractivity contribution in [1.82, 2.24) is 9.80 Å². The lowest BCUT2D eigenvalue weighted by atomic mass is 9.72. The number of benzene rings is 1. The number of carbonyl (C=O) groups is 2. The predicted molar refractivity (Wildman–Crippen MR) is 110 cm³/mol. The standard InChI is InChI=1S/C23H32N2O4/c1-17-14-18(5-6-20(17)28-2)22(27)24-11-9-23(10-12-24)8-7-21(26)25(16-23)15-19-4-3-13-29-19/h5-6,14,19H,3-4,7-13,15-16H2,1-2H3. The fraction of sp³-hybridized carbons (Fsp3) is 0.652. The van der Waals surface area contributed by atoms with Gasteiger partial charge in [0.1, 0.15) is 5.75 Å². The minimum atomic E-state index is 0.0914. The molecule has 3 aliphatic rings. The lowest BCUT2D eigenvalue weighted by Gasteiger charge is -2.47. The van der Waals surface area contributed by atoms with E-state index in [-0.39, 0.29) is 23.3 Å². The molecule has 6 heteroatoms. The third kappa shape index (κ3) is 4.27. The number of amides is 2. The molecule has 3 fully saturated rings. The normalized spacial score (nSPS) is 24.2. The van der Waals surface area contributed by atoms with Crippen LogP contribution >= 0.6 is 0 Å². The van der Waals surface area contributed by atoms with Crippen LogP contribution in [0, 0.1) is 12.3 Å². The molecule has 0 radical (unpaired) electrons. The van der Waals surface area contributed by atoms with Gasteiger partial charge in [-0.1, -0.05) is 0 Å². The molecule has 2 amide bonds. The van der Waals surface area contributed by atoms with Crippen molar-refractivity contribution in [3.8, 4) is 5.75 Å². The summed E-state index contributed by atoms with van der Waals surface area (Å²) in [6.45, 7) is 5.84. The van der Waals surface area contributed by atoms with E-state index in [1.807, 2.05) is 34.9 Å². The van der Waals surface area contributed by atoms with Crippen LogP contribution in [-0.4, -0.2) is 67.6 Å². The number of aryl methyl sites for hydroxylation is 1. The van der Waals surface area contributed by atoms with Gasteiger partial charge in [0.05, 0.1) is 13.2 Å². The second kappa shape index (κ2) is 8.34. The highest BCUT2D eigenvalue weighted by atomic mass is 16.5. The highest BCUT2D eigenvalue weighted by Crippen LogP contribution is 2.40. The van der Waals surface area contributed by atoms with Crippen molar-refractivity contribution in [3.63, 3.8) is 0 Å². The van der Waals surface area contributed by atoms with Crippen LogP contribution in [0.15, 0.2) is 18.2 Å². The summed E-state index contributed by atoms with van der Waals surface area (Å²) in [5, 5.41) is 0. The quantitative estimate of drug-likeness (QED) is 0.780. The largest absolute Gasteiger partial charge is 0.496 e. The molecule has 1 spiro atoms. The minimum absolute atomic E-state index is 0.0914. The lowest BCUT2D eigenvalue weighted by molar-refractivity contribution is -0.141. The Balaban J connectivity index is 1.37. The van der Waals surface area contributed by atoms with Crippen molar-refractivity contribution >= 4 is 11.8 Å². The Morgan fingerprint density at radius 3 is 2.72 bits per heavy atom. The first-order valence-corrected chi connectivity index (χ1v) is 10.8. The summed E-state index contributed by atoms with van der Waals surface area (Å²) in [4.78, 5) is 29.4. The van der Waals surface area contributed by atoms with E-state index in [2.05, 4.69) is 0 Å². The minimum Gasteiger partial charge on any atom is -0.496 e. The molecular weight excluding hydrogens is 368 g/mol. The Kier molecular flexibility index (Phi) is 5.81. The molecule has 1 unspecified atom stereocenters. The molecule has 1 aromatic rings. The van der Waals surface area contributed by atoms with Crippen molar-refractivity contribution in [2.75, 3.05) is 39.9 Å².